The lowest BCUT2D eigenvalue weighted by Gasteiger charge is -2.12. The highest BCUT2D eigenvalue weighted by atomic mass is 35.5. The van der Waals surface area contributed by atoms with E-state index in [1.54, 1.807) is 12.1 Å². The number of nitrogens with one attached hydrogen (secondary N) is 1. The monoisotopic (exact) mass is 449 g/mol. The normalized spacial score (nSPS) is 11.4. The molecule has 0 radical (unpaired) electrons. The van der Waals surface area contributed by atoms with E-state index in [0.29, 0.717) is 17.3 Å². The third-order valence-corrected chi connectivity index (χ3v) is 5.40. The number of carbonyl (C=O) groups is 1. The van der Waals surface area contributed by atoms with E-state index in [9.17, 15) is 9.18 Å². The van der Waals surface area contributed by atoms with Crippen LogP contribution in [0.25, 0.3) is 22.4 Å². The average molecular weight is 450 g/mol. The van der Waals surface area contributed by atoms with Gasteiger partial charge in [0.15, 0.2) is 0 Å². The summed E-state index contributed by atoms with van der Waals surface area (Å²) in [5, 5.41) is 2.94. The fourth-order valence-electron chi connectivity index (χ4n) is 3.46. The van der Waals surface area contributed by atoms with Crippen LogP contribution in [-0.2, 0) is 17.8 Å². The number of imidazole rings is 1. The molecule has 0 fully saturated rings. The minimum absolute atomic E-state index is 0.0257. The maximum Gasteiger partial charge on any atom is 0.240 e. The van der Waals surface area contributed by atoms with Crippen molar-refractivity contribution >= 4 is 40.1 Å². The van der Waals surface area contributed by atoms with E-state index >= 15 is 0 Å². The van der Waals surface area contributed by atoms with Gasteiger partial charge in [-0.3, -0.25) is 4.79 Å². The molecule has 0 spiro atoms. The van der Waals surface area contributed by atoms with Gasteiger partial charge in [0.2, 0.25) is 5.91 Å². The topological polar surface area (TPSA) is 46.9 Å². The SMILES string of the molecule is CC(C)NC(=O)Cn1c(-c2ccc(F)c(Cl)c2)nc2cc(CCCCCCl)ccc21. The summed E-state index contributed by atoms with van der Waals surface area (Å²) in [7, 11) is 0. The molecule has 7 heteroatoms. The van der Waals surface area contributed by atoms with Crippen LogP contribution in [-0.4, -0.2) is 27.4 Å². The van der Waals surface area contributed by atoms with Crippen molar-refractivity contribution in [3.63, 3.8) is 0 Å². The van der Waals surface area contributed by atoms with Gasteiger partial charge in [0, 0.05) is 17.5 Å². The summed E-state index contributed by atoms with van der Waals surface area (Å²) in [4.78, 5) is 17.3. The van der Waals surface area contributed by atoms with E-state index in [4.69, 9.17) is 28.2 Å². The predicted molar refractivity (Wildman–Crippen MR) is 122 cm³/mol. The zero-order valence-corrected chi connectivity index (χ0v) is 18.7. The summed E-state index contributed by atoms with van der Waals surface area (Å²) in [6.07, 6.45) is 4.12. The van der Waals surface area contributed by atoms with Crippen LogP contribution in [0.3, 0.4) is 0 Å². The quantitative estimate of drug-likeness (QED) is 0.323. The Balaban J connectivity index is 1.99. The molecule has 1 heterocycles. The predicted octanol–water partition coefficient (Wildman–Crippen LogP) is 5.97. The molecule has 0 aliphatic rings. The smallest absolute Gasteiger partial charge is 0.240 e. The summed E-state index contributed by atoms with van der Waals surface area (Å²) < 4.78 is 15.5. The molecule has 1 aromatic heterocycles. The van der Waals surface area contributed by atoms with Crippen LogP contribution in [0.1, 0.15) is 38.7 Å². The van der Waals surface area contributed by atoms with E-state index in [1.165, 1.54) is 11.6 Å². The number of halogens is 3. The number of alkyl halides is 1. The third-order valence-electron chi connectivity index (χ3n) is 4.84. The van der Waals surface area contributed by atoms with Crippen molar-refractivity contribution in [2.24, 2.45) is 0 Å². The summed E-state index contributed by atoms with van der Waals surface area (Å²) in [5.74, 6) is 0.680. The van der Waals surface area contributed by atoms with E-state index in [1.807, 2.05) is 24.5 Å². The second-order valence-corrected chi connectivity index (χ2v) is 8.48. The van der Waals surface area contributed by atoms with Gasteiger partial charge in [-0.2, -0.15) is 0 Å². The van der Waals surface area contributed by atoms with Crippen LogP contribution in [0.15, 0.2) is 36.4 Å². The minimum Gasteiger partial charge on any atom is -0.352 e. The first-order valence-electron chi connectivity index (χ1n) is 10.2. The standard InChI is InChI=1S/C23H26Cl2FN3O/c1-15(2)27-22(30)14-29-21-10-7-16(6-4-3-5-11-24)12-20(21)28-23(29)17-8-9-19(26)18(25)13-17/h7-10,12-13,15H,3-6,11,14H2,1-2H3,(H,27,30). The highest BCUT2D eigenvalue weighted by molar-refractivity contribution is 6.31. The number of fused-ring (bicyclic) bond motifs is 1. The Labute approximate surface area is 186 Å². The van der Waals surface area contributed by atoms with Gasteiger partial charge in [0.25, 0.3) is 0 Å². The van der Waals surface area contributed by atoms with Crippen LogP contribution in [0.5, 0.6) is 0 Å². The van der Waals surface area contributed by atoms with E-state index in [0.717, 1.165) is 36.7 Å². The minimum atomic E-state index is -0.486. The number of amides is 1. The maximum atomic E-state index is 13.7. The van der Waals surface area contributed by atoms with E-state index < -0.39 is 5.82 Å². The van der Waals surface area contributed by atoms with Gasteiger partial charge >= 0.3 is 0 Å². The Hall–Kier alpha value is -2.11. The summed E-state index contributed by atoms with van der Waals surface area (Å²) in [6, 6.07) is 10.7. The molecule has 4 nitrogen and oxygen atoms in total. The Morgan fingerprint density at radius 1 is 1.17 bits per heavy atom. The molecule has 0 saturated heterocycles. The van der Waals surface area contributed by atoms with Crippen LogP contribution in [0.2, 0.25) is 5.02 Å². The van der Waals surface area contributed by atoms with Crippen molar-refractivity contribution in [3.8, 4) is 11.4 Å². The van der Waals surface area contributed by atoms with Crippen LogP contribution < -0.4 is 5.32 Å². The lowest BCUT2D eigenvalue weighted by atomic mass is 10.1. The third kappa shape index (κ3) is 5.52. The summed E-state index contributed by atoms with van der Waals surface area (Å²) in [6.45, 7) is 3.95. The molecule has 1 amide bonds. The number of aromatic nitrogens is 2. The molecule has 2 aromatic carbocycles. The van der Waals surface area contributed by atoms with Crippen molar-refractivity contribution in [3.05, 3.63) is 52.8 Å². The number of hydrogen-bond acceptors (Lipinski definition) is 2. The molecule has 160 valence electrons. The average Bonchev–Trinajstić information content (AvgIpc) is 3.04. The molecule has 0 aliphatic heterocycles. The first kappa shape index (κ1) is 22.6. The molecule has 0 aliphatic carbocycles. The second kappa shape index (κ2) is 10.3. The summed E-state index contributed by atoms with van der Waals surface area (Å²) in [5.41, 5.74) is 3.52. The lowest BCUT2D eigenvalue weighted by molar-refractivity contribution is -0.122. The Kier molecular flexibility index (Phi) is 7.73. The molecule has 0 saturated carbocycles. The Bertz CT molecular complexity index is 1030. The number of rotatable bonds is 9. The van der Waals surface area contributed by atoms with Crippen molar-refractivity contribution in [1.82, 2.24) is 14.9 Å². The maximum absolute atomic E-state index is 13.7. The molecule has 0 atom stereocenters. The first-order valence-corrected chi connectivity index (χ1v) is 11.1. The van der Waals surface area contributed by atoms with Gasteiger partial charge in [-0.05, 0) is 69.0 Å². The number of carbonyl (C=O) groups excluding carboxylic acids is 1. The highest BCUT2D eigenvalue weighted by Crippen LogP contribution is 2.29. The lowest BCUT2D eigenvalue weighted by Crippen LogP contribution is -2.33. The molecule has 3 aromatic rings. The number of unbranched alkanes of at least 4 members (excludes halogenated alkanes) is 2. The molecular weight excluding hydrogens is 424 g/mol. The van der Waals surface area contributed by atoms with Crippen molar-refractivity contribution < 1.29 is 9.18 Å². The first-order chi connectivity index (χ1) is 14.4. The van der Waals surface area contributed by atoms with Crippen LogP contribution >= 0.6 is 23.2 Å². The molecule has 0 bridgehead atoms. The van der Waals surface area contributed by atoms with Gasteiger partial charge < -0.3 is 9.88 Å². The largest absolute Gasteiger partial charge is 0.352 e. The zero-order chi connectivity index (χ0) is 21.7. The van der Waals surface area contributed by atoms with Gasteiger partial charge in [-0.25, -0.2) is 9.37 Å². The van der Waals surface area contributed by atoms with Gasteiger partial charge in [0.05, 0.1) is 16.1 Å². The van der Waals surface area contributed by atoms with E-state index in [-0.39, 0.29) is 23.5 Å². The molecule has 3 rings (SSSR count). The number of nitrogens with zero attached hydrogens (tertiary/aromatic N) is 2. The van der Waals surface area contributed by atoms with Crippen LogP contribution in [0.4, 0.5) is 4.39 Å². The number of hydrogen-bond donors (Lipinski definition) is 1. The van der Waals surface area contributed by atoms with E-state index in [2.05, 4.69) is 17.4 Å². The Morgan fingerprint density at radius 3 is 2.67 bits per heavy atom. The second-order valence-electron chi connectivity index (χ2n) is 7.70. The molecular formula is C23H26Cl2FN3O. The molecule has 1 N–H and O–H groups in total. The van der Waals surface area contributed by atoms with Gasteiger partial charge in [0.1, 0.15) is 18.2 Å². The molecule has 0 unspecified atom stereocenters. The Morgan fingerprint density at radius 2 is 1.97 bits per heavy atom. The van der Waals surface area contributed by atoms with Crippen molar-refractivity contribution in [2.75, 3.05) is 5.88 Å². The van der Waals surface area contributed by atoms with Gasteiger partial charge in [-0.1, -0.05) is 24.1 Å². The highest BCUT2D eigenvalue weighted by Gasteiger charge is 2.17. The van der Waals surface area contributed by atoms with Crippen LogP contribution in [0, 0.1) is 5.82 Å². The fourth-order valence-corrected chi connectivity index (χ4v) is 3.83. The molecule has 30 heavy (non-hydrogen) atoms. The summed E-state index contributed by atoms with van der Waals surface area (Å²) >= 11 is 11.8. The fraction of sp³-hybridized carbons (Fsp3) is 0.391. The zero-order valence-electron chi connectivity index (χ0n) is 17.2. The van der Waals surface area contributed by atoms with Gasteiger partial charge in [-0.15, -0.1) is 11.6 Å². The number of benzene rings is 2. The van der Waals surface area contributed by atoms with Crippen molar-refractivity contribution in [2.45, 2.75) is 52.1 Å². The van der Waals surface area contributed by atoms with Crippen molar-refractivity contribution in [1.29, 1.82) is 0 Å². The number of aryl methyl sites for hydroxylation is 1.